The molecular weight excluding hydrogens is 334 g/mol. The van der Waals surface area contributed by atoms with Gasteiger partial charge in [-0.3, -0.25) is 9.82 Å². The number of hydrogen-bond donors (Lipinski definition) is 2. The first-order valence-corrected chi connectivity index (χ1v) is 9.77. The Morgan fingerprint density at radius 1 is 1.00 bits per heavy atom. The zero-order valence-electron chi connectivity index (χ0n) is 13.9. The molecule has 0 aliphatic heterocycles. The summed E-state index contributed by atoms with van der Waals surface area (Å²) in [4.78, 5) is 0.257. The fourth-order valence-corrected chi connectivity index (χ4v) is 4.24. The number of aromatic amines is 1. The van der Waals surface area contributed by atoms with Crippen molar-refractivity contribution in [3.8, 4) is 11.3 Å². The van der Waals surface area contributed by atoms with E-state index in [1.54, 1.807) is 36.4 Å². The summed E-state index contributed by atoms with van der Waals surface area (Å²) < 4.78 is 27.5. The van der Waals surface area contributed by atoms with Crippen LogP contribution < -0.4 is 4.72 Å². The molecule has 0 spiro atoms. The number of hydrogen-bond acceptors (Lipinski definition) is 3. The summed E-state index contributed by atoms with van der Waals surface area (Å²) in [5.41, 5.74) is 6.04. The normalized spacial score (nSPS) is 13.6. The smallest absolute Gasteiger partial charge is 0.261 e. The second kappa shape index (κ2) is 6.04. The SMILES string of the molecule is Cc1ccc(S(=O)(=O)Nc2ccc(-c3n[nH]c4c3CCC4)cc2)cc1. The monoisotopic (exact) mass is 353 g/mol. The van der Waals surface area contributed by atoms with Gasteiger partial charge in [0, 0.05) is 22.5 Å². The first kappa shape index (κ1) is 15.9. The third-order valence-corrected chi connectivity index (χ3v) is 5.95. The second-order valence-corrected chi connectivity index (χ2v) is 8.06. The van der Waals surface area contributed by atoms with E-state index in [1.165, 1.54) is 11.3 Å². The first-order chi connectivity index (χ1) is 12.0. The minimum absolute atomic E-state index is 0.257. The molecule has 25 heavy (non-hydrogen) atoms. The van der Waals surface area contributed by atoms with Gasteiger partial charge in [0.05, 0.1) is 10.6 Å². The fourth-order valence-electron chi connectivity index (χ4n) is 3.19. The molecule has 0 amide bonds. The highest BCUT2D eigenvalue weighted by atomic mass is 32.2. The largest absolute Gasteiger partial charge is 0.282 e. The number of aryl methyl sites for hydroxylation is 2. The van der Waals surface area contributed by atoms with Crippen molar-refractivity contribution in [2.75, 3.05) is 4.72 Å². The molecule has 1 aliphatic rings. The lowest BCUT2D eigenvalue weighted by molar-refractivity contribution is 0.601. The van der Waals surface area contributed by atoms with Crippen LogP contribution in [0.4, 0.5) is 5.69 Å². The number of benzene rings is 2. The van der Waals surface area contributed by atoms with Crippen LogP contribution in [0, 0.1) is 6.92 Å². The van der Waals surface area contributed by atoms with E-state index < -0.39 is 10.0 Å². The van der Waals surface area contributed by atoms with Crippen molar-refractivity contribution in [3.05, 3.63) is 65.4 Å². The Balaban J connectivity index is 1.57. The van der Waals surface area contributed by atoms with Crippen LogP contribution in [0.25, 0.3) is 11.3 Å². The van der Waals surface area contributed by atoms with Crippen LogP contribution in [0.2, 0.25) is 0 Å². The van der Waals surface area contributed by atoms with E-state index in [-0.39, 0.29) is 4.90 Å². The standard InChI is InChI=1S/C19H19N3O2S/c1-13-5-11-16(12-6-13)25(23,24)22-15-9-7-14(8-10-15)19-17-3-2-4-18(17)20-21-19/h5-12,22H,2-4H2,1H3,(H,20,21). The molecule has 1 heterocycles. The van der Waals surface area contributed by atoms with Crippen molar-refractivity contribution in [2.24, 2.45) is 0 Å². The Morgan fingerprint density at radius 2 is 1.72 bits per heavy atom. The number of rotatable bonds is 4. The van der Waals surface area contributed by atoms with Crippen LogP contribution in [0.5, 0.6) is 0 Å². The summed E-state index contributed by atoms with van der Waals surface area (Å²) in [6.45, 7) is 1.92. The lowest BCUT2D eigenvalue weighted by Crippen LogP contribution is -2.12. The molecule has 5 nitrogen and oxygen atoms in total. The van der Waals surface area contributed by atoms with Crippen molar-refractivity contribution < 1.29 is 8.42 Å². The highest BCUT2D eigenvalue weighted by Crippen LogP contribution is 2.31. The molecule has 2 N–H and O–H groups in total. The lowest BCUT2D eigenvalue weighted by Gasteiger charge is -2.09. The van der Waals surface area contributed by atoms with Gasteiger partial charge in [0.2, 0.25) is 0 Å². The van der Waals surface area contributed by atoms with E-state index in [1.807, 2.05) is 19.1 Å². The van der Waals surface area contributed by atoms with Crippen LogP contribution in [-0.4, -0.2) is 18.6 Å². The Labute approximate surface area is 147 Å². The lowest BCUT2D eigenvalue weighted by atomic mass is 10.1. The van der Waals surface area contributed by atoms with Crippen molar-refractivity contribution >= 4 is 15.7 Å². The molecule has 0 fully saturated rings. The highest BCUT2D eigenvalue weighted by molar-refractivity contribution is 7.92. The zero-order chi connectivity index (χ0) is 17.4. The topological polar surface area (TPSA) is 74.8 Å². The molecule has 0 radical (unpaired) electrons. The summed E-state index contributed by atoms with van der Waals surface area (Å²) in [6, 6.07) is 14.2. The van der Waals surface area contributed by atoms with E-state index in [4.69, 9.17) is 0 Å². The van der Waals surface area contributed by atoms with Crippen LogP contribution in [0.15, 0.2) is 53.4 Å². The van der Waals surface area contributed by atoms with Crippen LogP contribution in [0.3, 0.4) is 0 Å². The molecule has 2 aromatic carbocycles. The summed E-state index contributed by atoms with van der Waals surface area (Å²) in [7, 11) is -3.58. The molecule has 3 aromatic rings. The molecule has 0 atom stereocenters. The van der Waals surface area contributed by atoms with Gasteiger partial charge in [0.15, 0.2) is 0 Å². The molecular formula is C19H19N3O2S. The molecule has 128 valence electrons. The van der Waals surface area contributed by atoms with E-state index in [0.717, 1.165) is 36.1 Å². The Hall–Kier alpha value is -2.60. The minimum atomic E-state index is -3.58. The third kappa shape index (κ3) is 3.05. The van der Waals surface area contributed by atoms with Gasteiger partial charge in [-0.05, 0) is 50.5 Å². The van der Waals surface area contributed by atoms with Crippen LogP contribution in [-0.2, 0) is 22.9 Å². The third-order valence-electron chi connectivity index (χ3n) is 4.55. The minimum Gasteiger partial charge on any atom is -0.282 e. The fraction of sp³-hybridized carbons (Fsp3) is 0.211. The molecule has 0 unspecified atom stereocenters. The average Bonchev–Trinajstić information content (AvgIpc) is 3.19. The first-order valence-electron chi connectivity index (χ1n) is 8.29. The molecule has 0 bridgehead atoms. The van der Waals surface area contributed by atoms with Crippen molar-refractivity contribution in [1.82, 2.24) is 10.2 Å². The molecule has 0 saturated carbocycles. The van der Waals surface area contributed by atoms with Gasteiger partial charge in [-0.1, -0.05) is 29.8 Å². The summed E-state index contributed by atoms with van der Waals surface area (Å²) in [6.07, 6.45) is 3.25. The van der Waals surface area contributed by atoms with Gasteiger partial charge in [-0.15, -0.1) is 0 Å². The van der Waals surface area contributed by atoms with E-state index in [0.29, 0.717) is 5.69 Å². The van der Waals surface area contributed by atoms with Gasteiger partial charge in [-0.2, -0.15) is 5.10 Å². The van der Waals surface area contributed by atoms with Gasteiger partial charge in [0.1, 0.15) is 0 Å². The zero-order valence-corrected chi connectivity index (χ0v) is 14.7. The van der Waals surface area contributed by atoms with Crippen molar-refractivity contribution in [1.29, 1.82) is 0 Å². The molecule has 0 saturated heterocycles. The summed E-state index contributed by atoms with van der Waals surface area (Å²) in [5, 5.41) is 7.51. The molecule has 4 rings (SSSR count). The summed E-state index contributed by atoms with van der Waals surface area (Å²) >= 11 is 0. The number of sulfonamides is 1. The maximum absolute atomic E-state index is 12.5. The van der Waals surface area contributed by atoms with Crippen LogP contribution >= 0.6 is 0 Å². The van der Waals surface area contributed by atoms with Gasteiger partial charge < -0.3 is 0 Å². The van der Waals surface area contributed by atoms with Gasteiger partial charge >= 0.3 is 0 Å². The highest BCUT2D eigenvalue weighted by Gasteiger charge is 2.19. The van der Waals surface area contributed by atoms with Gasteiger partial charge in [0.25, 0.3) is 10.0 Å². The maximum Gasteiger partial charge on any atom is 0.261 e. The molecule has 6 heteroatoms. The Bertz CT molecular complexity index is 1000. The Kier molecular flexibility index (Phi) is 3.84. The van der Waals surface area contributed by atoms with Crippen molar-refractivity contribution in [3.63, 3.8) is 0 Å². The number of nitrogens with one attached hydrogen (secondary N) is 2. The van der Waals surface area contributed by atoms with E-state index in [2.05, 4.69) is 14.9 Å². The number of fused-ring (bicyclic) bond motifs is 1. The second-order valence-electron chi connectivity index (χ2n) is 6.38. The van der Waals surface area contributed by atoms with Gasteiger partial charge in [-0.25, -0.2) is 8.42 Å². The number of aromatic nitrogens is 2. The molecule has 1 aromatic heterocycles. The van der Waals surface area contributed by atoms with E-state index >= 15 is 0 Å². The predicted octanol–water partition coefficient (Wildman–Crippen LogP) is 3.67. The van der Waals surface area contributed by atoms with Crippen molar-refractivity contribution in [2.45, 2.75) is 31.1 Å². The van der Waals surface area contributed by atoms with Crippen LogP contribution in [0.1, 0.15) is 23.2 Å². The average molecular weight is 353 g/mol. The predicted molar refractivity (Wildman–Crippen MR) is 98.0 cm³/mol. The summed E-state index contributed by atoms with van der Waals surface area (Å²) in [5.74, 6) is 0. The molecule has 1 aliphatic carbocycles. The number of anilines is 1. The number of H-pyrrole nitrogens is 1. The maximum atomic E-state index is 12.5. The number of nitrogens with zero attached hydrogens (tertiary/aromatic N) is 1. The quantitative estimate of drug-likeness (QED) is 0.751. The van der Waals surface area contributed by atoms with E-state index in [9.17, 15) is 8.42 Å². The Morgan fingerprint density at radius 3 is 2.44 bits per heavy atom.